The molecule has 1 fully saturated rings. The highest BCUT2D eigenvalue weighted by Gasteiger charge is 2.38. The summed E-state index contributed by atoms with van der Waals surface area (Å²) in [4.78, 5) is 5.37. The SMILES string of the molecule is CCC1=NOC(C(C)(N)OCC2CCCC2)C1. The molecule has 0 aromatic carbocycles. The van der Waals surface area contributed by atoms with Gasteiger partial charge in [0.05, 0.1) is 12.3 Å². The highest BCUT2D eigenvalue weighted by atomic mass is 16.7. The second kappa shape index (κ2) is 5.36. The molecule has 4 nitrogen and oxygen atoms in total. The standard InChI is InChI=1S/C13H24N2O2/c1-3-11-8-12(17-15-11)13(2,14)16-9-10-6-4-5-7-10/h10,12H,3-9,14H2,1-2H3. The largest absolute Gasteiger partial charge is 0.388 e. The molecule has 1 aliphatic carbocycles. The Morgan fingerprint density at radius 3 is 2.76 bits per heavy atom. The summed E-state index contributed by atoms with van der Waals surface area (Å²) in [6.07, 6.45) is 6.82. The van der Waals surface area contributed by atoms with Crippen molar-refractivity contribution in [3.05, 3.63) is 0 Å². The van der Waals surface area contributed by atoms with Gasteiger partial charge < -0.3 is 15.3 Å². The van der Waals surface area contributed by atoms with E-state index in [1.165, 1.54) is 25.7 Å². The molecule has 0 bridgehead atoms. The lowest BCUT2D eigenvalue weighted by molar-refractivity contribution is -0.130. The van der Waals surface area contributed by atoms with E-state index < -0.39 is 5.72 Å². The van der Waals surface area contributed by atoms with Gasteiger partial charge in [-0.2, -0.15) is 0 Å². The molecule has 17 heavy (non-hydrogen) atoms. The molecule has 0 spiro atoms. The van der Waals surface area contributed by atoms with Crippen molar-refractivity contribution in [3.63, 3.8) is 0 Å². The maximum Gasteiger partial charge on any atom is 0.174 e. The van der Waals surface area contributed by atoms with Crippen molar-refractivity contribution in [2.75, 3.05) is 6.61 Å². The summed E-state index contributed by atoms with van der Waals surface area (Å²) in [6, 6.07) is 0. The van der Waals surface area contributed by atoms with E-state index in [4.69, 9.17) is 15.3 Å². The molecule has 2 atom stereocenters. The Balaban J connectivity index is 1.78. The fraction of sp³-hybridized carbons (Fsp3) is 0.923. The first-order valence-corrected chi connectivity index (χ1v) is 6.76. The molecule has 2 N–H and O–H groups in total. The summed E-state index contributed by atoms with van der Waals surface area (Å²) in [5, 5.41) is 4.04. The summed E-state index contributed by atoms with van der Waals surface area (Å²) in [7, 11) is 0. The molecule has 0 saturated heterocycles. The van der Waals surface area contributed by atoms with Gasteiger partial charge in [0.1, 0.15) is 0 Å². The topological polar surface area (TPSA) is 56.8 Å². The number of nitrogens with two attached hydrogens (primary N) is 1. The average Bonchev–Trinajstić information content (AvgIpc) is 2.98. The van der Waals surface area contributed by atoms with Gasteiger partial charge in [-0.3, -0.25) is 0 Å². The van der Waals surface area contributed by atoms with Crippen molar-refractivity contribution in [1.29, 1.82) is 0 Å². The Bertz CT molecular complexity index is 283. The van der Waals surface area contributed by atoms with Crippen LogP contribution in [0.2, 0.25) is 0 Å². The van der Waals surface area contributed by atoms with Crippen LogP contribution >= 0.6 is 0 Å². The van der Waals surface area contributed by atoms with Crippen molar-refractivity contribution in [1.82, 2.24) is 0 Å². The minimum atomic E-state index is -0.719. The van der Waals surface area contributed by atoms with Gasteiger partial charge in [0.15, 0.2) is 11.8 Å². The summed E-state index contributed by atoms with van der Waals surface area (Å²) in [5.74, 6) is 0.686. The Morgan fingerprint density at radius 2 is 2.18 bits per heavy atom. The van der Waals surface area contributed by atoms with Gasteiger partial charge in [0, 0.05) is 6.42 Å². The van der Waals surface area contributed by atoms with E-state index >= 15 is 0 Å². The zero-order valence-electron chi connectivity index (χ0n) is 10.9. The lowest BCUT2D eigenvalue weighted by Gasteiger charge is -2.30. The predicted molar refractivity (Wildman–Crippen MR) is 67.7 cm³/mol. The van der Waals surface area contributed by atoms with Gasteiger partial charge in [0.25, 0.3) is 0 Å². The smallest absolute Gasteiger partial charge is 0.174 e. The predicted octanol–water partition coefficient (Wildman–Crippen LogP) is 2.42. The Hall–Kier alpha value is -0.610. The van der Waals surface area contributed by atoms with Crippen molar-refractivity contribution in [3.8, 4) is 0 Å². The van der Waals surface area contributed by atoms with Crippen LogP contribution in [0, 0.1) is 5.92 Å². The maximum atomic E-state index is 6.20. The van der Waals surface area contributed by atoms with Crippen LogP contribution in [0.15, 0.2) is 5.16 Å². The molecule has 2 unspecified atom stereocenters. The molecular weight excluding hydrogens is 216 g/mol. The normalized spacial score (nSPS) is 28.9. The minimum Gasteiger partial charge on any atom is -0.388 e. The van der Waals surface area contributed by atoms with Crippen molar-refractivity contribution >= 4 is 5.71 Å². The maximum absolute atomic E-state index is 6.20. The molecule has 4 heteroatoms. The van der Waals surface area contributed by atoms with Crippen LogP contribution in [-0.2, 0) is 9.57 Å². The third-order valence-electron chi connectivity index (χ3n) is 3.88. The Kier molecular flexibility index (Phi) is 4.05. The van der Waals surface area contributed by atoms with Crippen molar-refractivity contribution in [2.24, 2.45) is 16.8 Å². The fourth-order valence-corrected chi connectivity index (χ4v) is 2.51. The lowest BCUT2D eigenvalue weighted by Crippen LogP contribution is -2.51. The first-order valence-electron chi connectivity index (χ1n) is 6.76. The number of oxime groups is 1. The molecule has 0 aromatic heterocycles. The minimum absolute atomic E-state index is 0.126. The Morgan fingerprint density at radius 1 is 1.47 bits per heavy atom. The van der Waals surface area contributed by atoms with Crippen LogP contribution in [-0.4, -0.2) is 24.1 Å². The first kappa shape index (κ1) is 12.8. The summed E-state index contributed by atoms with van der Waals surface area (Å²) in [5.41, 5.74) is 6.56. The quantitative estimate of drug-likeness (QED) is 0.751. The van der Waals surface area contributed by atoms with Crippen LogP contribution in [0.1, 0.15) is 52.4 Å². The van der Waals surface area contributed by atoms with Gasteiger partial charge in [-0.15, -0.1) is 0 Å². The van der Waals surface area contributed by atoms with E-state index in [1.807, 2.05) is 6.92 Å². The molecule has 2 aliphatic rings. The van der Waals surface area contributed by atoms with E-state index in [2.05, 4.69) is 12.1 Å². The summed E-state index contributed by atoms with van der Waals surface area (Å²) < 4.78 is 5.87. The fourth-order valence-electron chi connectivity index (χ4n) is 2.51. The Labute approximate surface area is 104 Å². The second-order valence-electron chi connectivity index (χ2n) is 5.45. The second-order valence-corrected chi connectivity index (χ2v) is 5.45. The van der Waals surface area contributed by atoms with Gasteiger partial charge in [-0.1, -0.05) is 24.9 Å². The van der Waals surface area contributed by atoms with E-state index in [9.17, 15) is 0 Å². The van der Waals surface area contributed by atoms with Crippen LogP contribution in [0.5, 0.6) is 0 Å². The van der Waals surface area contributed by atoms with E-state index in [-0.39, 0.29) is 6.10 Å². The number of hydrogen-bond acceptors (Lipinski definition) is 4. The molecule has 0 radical (unpaired) electrons. The molecule has 2 rings (SSSR count). The molecule has 0 aromatic rings. The van der Waals surface area contributed by atoms with Gasteiger partial charge in [-0.05, 0) is 32.1 Å². The van der Waals surface area contributed by atoms with Gasteiger partial charge in [-0.25, -0.2) is 0 Å². The number of nitrogens with zero attached hydrogens (tertiary/aromatic N) is 1. The monoisotopic (exact) mass is 240 g/mol. The number of hydrogen-bond donors (Lipinski definition) is 1. The van der Waals surface area contributed by atoms with Crippen LogP contribution in [0.3, 0.4) is 0 Å². The van der Waals surface area contributed by atoms with E-state index in [1.54, 1.807) is 0 Å². The highest BCUT2D eigenvalue weighted by molar-refractivity contribution is 5.85. The van der Waals surface area contributed by atoms with Gasteiger partial charge >= 0.3 is 0 Å². The molecule has 1 heterocycles. The molecular formula is C13H24N2O2. The van der Waals surface area contributed by atoms with E-state index in [0.717, 1.165) is 25.2 Å². The molecule has 98 valence electrons. The van der Waals surface area contributed by atoms with Crippen molar-refractivity contribution < 1.29 is 9.57 Å². The average molecular weight is 240 g/mol. The zero-order valence-corrected chi connectivity index (χ0v) is 10.9. The van der Waals surface area contributed by atoms with Crippen LogP contribution < -0.4 is 5.73 Å². The number of rotatable bonds is 5. The van der Waals surface area contributed by atoms with Crippen molar-refractivity contribution in [2.45, 2.75) is 64.2 Å². The summed E-state index contributed by atoms with van der Waals surface area (Å²) >= 11 is 0. The lowest BCUT2D eigenvalue weighted by atomic mass is 10.0. The number of ether oxygens (including phenoxy) is 1. The van der Waals surface area contributed by atoms with E-state index in [0.29, 0.717) is 5.92 Å². The third-order valence-corrected chi connectivity index (χ3v) is 3.88. The first-order chi connectivity index (χ1) is 8.12. The third kappa shape index (κ3) is 3.19. The molecule has 1 saturated carbocycles. The highest BCUT2D eigenvalue weighted by Crippen LogP contribution is 2.28. The molecule has 0 amide bonds. The zero-order chi connectivity index (χ0) is 12.3. The van der Waals surface area contributed by atoms with Gasteiger partial charge in [0.2, 0.25) is 0 Å². The summed E-state index contributed by atoms with van der Waals surface area (Å²) in [6.45, 7) is 4.74. The van der Waals surface area contributed by atoms with Crippen LogP contribution in [0.4, 0.5) is 0 Å². The van der Waals surface area contributed by atoms with Crippen LogP contribution in [0.25, 0.3) is 0 Å². The molecule has 1 aliphatic heterocycles.